The molecule has 15 heavy (non-hydrogen) atoms. The van der Waals surface area contributed by atoms with Gasteiger partial charge in [0.15, 0.2) is 0 Å². The fourth-order valence-electron chi connectivity index (χ4n) is 1.31. The number of nitrogens with zero attached hydrogens (tertiary/aromatic N) is 2. The highest BCUT2D eigenvalue weighted by Crippen LogP contribution is 2.14. The average Bonchev–Trinajstić information content (AvgIpc) is 2.72. The Labute approximate surface area is 100 Å². The van der Waals surface area contributed by atoms with E-state index in [0.717, 1.165) is 42.6 Å². The van der Waals surface area contributed by atoms with Crippen LogP contribution in [-0.2, 0) is 6.42 Å². The van der Waals surface area contributed by atoms with E-state index in [-0.39, 0.29) is 0 Å². The topological polar surface area (TPSA) is 37.8 Å². The molecule has 1 unspecified atom stereocenters. The Kier molecular flexibility index (Phi) is 5.95. The van der Waals surface area contributed by atoms with E-state index < -0.39 is 0 Å². The average molecular weight is 248 g/mol. The predicted molar refractivity (Wildman–Crippen MR) is 66.9 cm³/mol. The molecular formula is C10H18ClN3S. The lowest BCUT2D eigenvalue weighted by atomic mass is 10.0. The van der Waals surface area contributed by atoms with Crippen molar-refractivity contribution in [3.05, 3.63) is 5.82 Å². The van der Waals surface area contributed by atoms with Crippen molar-refractivity contribution in [3.63, 3.8) is 0 Å². The van der Waals surface area contributed by atoms with Crippen molar-refractivity contribution in [1.29, 1.82) is 0 Å². The number of anilines is 1. The molecule has 0 aliphatic rings. The van der Waals surface area contributed by atoms with Crippen LogP contribution in [0.1, 0.15) is 32.5 Å². The van der Waals surface area contributed by atoms with Gasteiger partial charge < -0.3 is 5.32 Å². The first-order valence-corrected chi connectivity index (χ1v) is 6.73. The summed E-state index contributed by atoms with van der Waals surface area (Å²) in [5.41, 5.74) is 0. The molecule has 1 atom stereocenters. The largest absolute Gasteiger partial charge is 0.360 e. The third-order valence-corrected chi connectivity index (χ3v) is 3.35. The van der Waals surface area contributed by atoms with E-state index in [4.69, 9.17) is 11.6 Å². The molecule has 1 rings (SSSR count). The summed E-state index contributed by atoms with van der Waals surface area (Å²) in [7, 11) is 0. The molecule has 0 amide bonds. The molecule has 0 aliphatic carbocycles. The first-order valence-electron chi connectivity index (χ1n) is 5.42. The Morgan fingerprint density at radius 1 is 1.47 bits per heavy atom. The van der Waals surface area contributed by atoms with Crippen LogP contribution in [0.25, 0.3) is 0 Å². The third kappa shape index (κ3) is 4.34. The van der Waals surface area contributed by atoms with Gasteiger partial charge >= 0.3 is 0 Å². The number of aromatic nitrogens is 2. The molecule has 0 radical (unpaired) electrons. The lowest BCUT2D eigenvalue weighted by molar-refractivity contribution is 0.522. The minimum Gasteiger partial charge on any atom is -0.360 e. The van der Waals surface area contributed by atoms with Crippen LogP contribution in [0.15, 0.2) is 0 Å². The molecule has 0 spiro atoms. The fourth-order valence-corrected chi connectivity index (χ4v) is 2.27. The van der Waals surface area contributed by atoms with Crippen LogP contribution in [-0.4, -0.2) is 21.8 Å². The SMILES string of the molecule is CCc1nsc(NCC(CC)CCCl)n1. The van der Waals surface area contributed by atoms with Crippen molar-refractivity contribution in [2.24, 2.45) is 5.92 Å². The van der Waals surface area contributed by atoms with Crippen LogP contribution in [0.5, 0.6) is 0 Å². The molecule has 0 aromatic carbocycles. The van der Waals surface area contributed by atoms with Crippen molar-refractivity contribution in [2.45, 2.75) is 33.1 Å². The van der Waals surface area contributed by atoms with Crippen LogP contribution in [0.3, 0.4) is 0 Å². The molecule has 3 nitrogen and oxygen atoms in total. The summed E-state index contributed by atoms with van der Waals surface area (Å²) >= 11 is 7.17. The van der Waals surface area contributed by atoms with E-state index >= 15 is 0 Å². The van der Waals surface area contributed by atoms with E-state index in [1.807, 2.05) is 0 Å². The van der Waals surface area contributed by atoms with Gasteiger partial charge in [0.2, 0.25) is 5.13 Å². The third-order valence-electron chi connectivity index (χ3n) is 2.42. The second-order valence-corrected chi connectivity index (χ2v) is 4.63. The Bertz CT molecular complexity index is 277. The Balaban J connectivity index is 2.34. The van der Waals surface area contributed by atoms with Gasteiger partial charge in [0.1, 0.15) is 5.82 Å². The molecule has 0 saturated heterocycles. The Morgan fingerprint density at radius 2 is 2.27 bits per heavy atom. The normalized spacial score (nSPS) is 12.7. The molecule has 0 bridgehead atoms. The Morgan fingerprint density at radius 3 is 2.80 bits per heavy atom. The van der Waals surface area contributed by atoms with Crippen molar-refractivity contribution >= 4 is 28.3 Å². The van der Waals surface area contributed by atoms with Crippen molar-refractivity contribution < 1.29 is 0 Å². The van der Waals surface area contributed by atoms with Crippen molar-refractivity contribution in [2.75, 3.05) is 17.7 Å². The Hall–Kier alpha value is -0.350. The van der Waals surface area contributed by atoms with E-state index in [1.54, 1.807) is 0 Å². The zero-order valence-corrected chi connectivity index (χ0v) is 10.9. The monoisotopic (exact) mass is 247 g/mol. The summed E-state index contributed by atoms with van der Waals surface area (Å²) in [4.78, 5) is 4.36. The first kappa shape index (κ1) is 12.7. The number of aryl methyl sites for hydroxylation is 1. The highest BCUT2D eigenvalue weighted by atomic mass is 35.5. The van der Waals surface area contributed by atoms with Gasteiger partial charge in [-0.15, -0.1) is 11.6 Å². The van der Waals surface area contributed by atoms with E-state index in [1.165, 1.54) is 11.5 Å². The minimum atomic E-state index is 0.636. The smallest absolute Gasteiger partial charge is 0.202 e. The molecule has 0 saturated carbocycles. The zero-order chi connectivity index (χ0) is 11.1. The first-order chi connectivity index (χ1) is 7.30. The van der Waals surface area contributed by atoms with Gasteiger partial charge in [0.05, 0.1) is 0 Å². The summed E-state index contributed by atoms with van der Waals surface area (Å²) in [5, 5.41) is 4.25. The molecule has 1 aromatic heterocycles. The van der Waals surface area contributed by atoms with E-state index in [2.05, 4.69) is 28.5 Å². The molecular weight excluding hydrogens is 230 g/mol. The molecule has 0 fully saturated rings. The summed E-state index contributed by atoms with van der Waals surface area (Å²) < 4.78 is 4.23. The quantitative estimate of drug-likeness (QED) is 0.753. The maximum atomic E-state index is 5.73. The summed E-state index contributed by atoms with van der Waals surface area (Å²) in [6.07, 6.45) is 3.11. The summed E-state index contributed by atoms with van der Waals surface area (Å²) in [6.45, 7) is 5.20. The van der Waals surface area contributed by atoms with Gasteiger partial charge in [0, 0.05) is 30.4 Å². The number of nitrogens with one attached hydrogen (secondary N) is 1. The zero-order valence-electron chi connectivity index (χ0n) is 9.29. The maximum Gasteiger partial charge on any atom is 0.202 e. The van der Waals surface area contributed by atoms with Gasteiger partial charge in [-0.3, -0.25) is 0 Å². The van der Waals surface area contributed by atoms with Crippen LogP contribution < -0.4 is 5.32 Å². The van der Waals surface area contributed by atoms with E-state index in [0.29, 0.717) is 5.92 Å². The molecule has 1 N–H and O–H groups in total. The second kappa shape index (κ2) is 7.01. The number of hydrogen-bond acceptors (Lipinski definition) is 4. The fraction of sp³-hybridized carbons (Fsp3) is 0.800. The predicted octanol–water partition coefficient (Wildman–Crippen LogP) is 3.17. The van der Waals surface area contributed by atoms with Gasteiger partial charge in [0.25, 0.3) is 0 Å². The van der Waals surface area contributed by atoms with Gasteiger partial charge in [-0.05, 0) is 12.3 Å². The van der Waals surface area contributed by atoms with Gasteiger partial charge in [-0.2, -0.15) is 4.37 Å². The van der Waals surface area contributed by atoms with Crippen LogP contribution in [0.4, 0.5) is 5.13 Å². The van der Waals surface area contributed by atoms with Crippen molar-refractivity contribution in [1.82, 2.24) is 9.36 Å². The highest BCUT2D eigenvalue weighted by molar-refractivity contribution is 7.09. The summed E-state index contributed by atoms with van der Waals surface area (Å²) in [6, 6.07) is 0. The second-order valence-electron chi connectivity index (χ2n) is 3.50. The molecule has 1 heterocycles. The standard InChI is InChI=1S/C10H18ClN3S/c1-3-8(5-6-11)7-12-10-13-9(4-2)14-15-10/h8H,3-7H2,1-2H3,(H,12,13,14). The van der Waals surface area contributed by atoms with Gasteiger partial charge in [-0.1, -0.05) is 20.3 Å². The van der Waals surface area contributed by atoms with Crippen LogP contribution in [0.2, 0.25) is 0 Å². The van der Waals surface area contributed by atoms with E-state index in [9.17, 15) is 0 Å². The lowest BCUT2D eigenvalue weighted by Gasteiger charge is -2.12. The van der Waals surface area contributed by atoms with Crippen LogP contribution in [0, 0.1) is 5.92 Å². The maximum absolute atomic E-state index is 5.73. The molecule has 1 aromatic rings. The highest BCUT2D eigenvalue weighted by Gasteiger charge is 2.07. The number of hydrogen-bond donors (Lipinski definition) is 1. The van der Waals surface area contributed by atoms with Gasteiger partial charge in [-0.25, -0.2) is 4.98 Å². The lowest BCUT2D eigenvalue weighted by Crippen LogP contribution is -2.14. The molecule has 0 aliphatic heterocycles. The number of halogens is 1. The number of alkyl halides is 1. The molecule has 5 heteroatoms. The molecule has 86 valence electrons. The summed E-state index contributed by atoms with van der Waals surface area (Å²) in [5.74, 6) is 2.29. The van der Waals surface area contributed by atoms with Crippen LogP contribution >= 0.6 is 23.1 Å². The minimum absolute atomic E-state index is 0.636. The van der Waals surface area contributed by atoms with Crippen molar-refractivity contribution in [3.8, 4) is 0 Å². The number of rotatable bonds is 7.